The molecule has 1 spiro atoms. The molecule has 0 radical (unpaired) electrons. The molecular weight excluding hydrogens is 502 g/mol. The second kappa shape index (κ2) is 12.7. The fourth-order valence-corrected chi connectivity index (χ4v) is 7.30. The van der Waals surface area contributed by atoms with Gasteiger partial charge in [0.25, 0.3) is 0 Å². The first-order chi connectivity index (χ1) is 18.7. The zero-order chi connectivity index (χ0) is 28.2. The number of fused-ring (bicyclic) bond motifs is 1. The van der Waals surface area contributed by atoms with Crippen molar-refractivity contribution in [2.45, 2.75) is 70.1 Å². The highest BCUT2D eigenvalue weighted by Crippen LogP contribution is 2.65. The second-order valence-corrected chi connectivity index (χ2v) is 11.7. The number of likely N-dealkylation sites (tertiary alicyclic amines) is 1. The molecule has 2 amide bonds. The van der Waals surface area contributed by atoms with Crippen LogP contribution in [0.3, 0.4) is 0 Å². The Kier molecular flexibility index (Phi) is 9.73. The molecule has 0 aromatic rings. The summed E-state index contributed by atoms with van der Waals surface area (Å²) >= 11 is 0. The van der Waals surface area contributed by atoms with Crippen molar-refractivity contribution in [1.29, 1.82) is 0 Å². The average molecular weight is 550 g/mol. The topological polar surface area (TPSA) is 109 Å². The summed E-state index contributed by atoms with van der Waals surface area (Å²) in [6, 6.07) is -0.804. The molecule has 39 heavy (non-hydrogen) atoms. The summed E-state index contributed by atoms with van der Waals surface area (Å²) in [7, 11) is 0. The Labute approximate surface area is 232 Å². The number of nitrogens with zero attached hydrogens (tertiary/aromatic N) is 3. The summed E-state index contributed by atoms with van der Waals surface area (Å²) in [5.41, 5.74) is -1.93. The zero-order valence-corrected chi connectivity index (χ0v) is 23.9. The highest BCUT2D eigenvalue weighted by atomic mass is 16.6. The van der Waals surface area contributed by atoms with Gasteiger partial charge in [0.2, 0.25) is 11.8 Å². The summed E-state index contributed by atoms with van der Waals surface area (Å²) in [5, 5.41) is 9.15. The lowest BCUT2D eigenvalue weighted by Crippen LogP contribution is -2.57. The van der Waals surface area contributed by atoms with Crippen LogP contribution in [0.2, 0.25) is 0 Å². The molecule has 2 bridgehead atoms. The highest BCUT2D eigenvalue weighted by Gasteiger charge is 2.80. The van der Waals surface area contributed by atoms with E-state index in [1.165, 1.54) is 0 Å². The van der Waals surface area contributed by atoms with Gasteiger partial charge in [-0.1, -0.05) is 25.8 Å². The first-order valence-corrected chi connectivity index (χ1v) is 14.7. The van der Waals surface area contributed by atoms with E-state index in [-0.39, 0.29) is 30.9 Å². The van der Waals surface area contributed by atoms with Gasteiger partial charge in [-0.2, -0.15) is 0 Å². The molecule has 4 rings (SSSR count). The van der Waals surface area contributed by atoms with E-state index in [9.17, 15) is 14.4 Å². The van der Waals surface area contributed by atoms with Crippen LogP contribution in [0.15, 0.2) is 12.7 Å². The van der Waals surface area contributed by atoms with E-state index >= 15 is 0 Å². The number of aliphatic hydroxyl groups is 1. The maximum absolute atomic E-state index is 14.4. The first-order valence-electron chi connectivity index (χ1n) is 14.7. The van der Waals surface area contributed by atoms with Crippen LogP contribution in [-0.4, -0.2) is 121 Å². The van der Waals surface area contributed by atoms with Crippen LogP contribution in [0, 0.1) is 17.8 Å². The Morgan fingerprint density at radius 2 is 1.92 bits per heavy atom. The highest BCUT2D eigenvalue weighted by molar-refractivity contribution is 5.98. The molecule has 4 saturated heterocycles. The SMILES string of the molecule is C=CCN(CCN1CCOCC1)C(=O)C1N(CCCCCCO)C(=O)[C@@H]2[C@@H](C(=O)OCC)[C@]3(C)OC12CC3C. The van der Waals surface area contributed by atoms with Gasteiger partial charge in [-0.3, -0.25) is 19.3 Å². The number of aliphatic hydroxyl groups excluding tert-OH is 1. The molecular formula is C29H47N3O7. The predicted octanol–water partition coefficient (Wildman–Crippen LogP) is 1.46. The molecule has 6 atom stereocenters. The van der Waals surface area contributed by atoms with Crippen molar-refractivity contribution in [2.24, 2.45) is 17.8 Å². The molecule has 4 heterocycles. The van der Waals surface area contributed by atoms with Crippen LogP contribution in [-0.2, 0) is 28.6 Å². The number of carbonyl (C=O) groups is 3. The second-order valence-electron chi connectivity index (χ2n) is 11.7. The summed E-state index contributed by atoms with van der Waals surface area (Å²) < 4.78 is 17.7. The Hall–Kier alpha value is -2.01. The zero-order valence-electron chi connectivity index (χ0n) is 23.9. The maximum atomic E-state index is 14.4. The standard InChI is InChI=1S/C29H47N3O7/c1-5-11-31(14-13-30-15-18-37-19-16-30)26(35)24-29-20-21(3)28(4,39-29)23(27(36)38-6-2)22(29)25(34)32(24)12-9-7-8-10-17-33/h5,21-24,33H,1,6-20H2,2-4H3/t21?,22-,23-,24?,28+,29?/m0/s1. The van der Waals surface area contributed by atoms with E-state index in [0.717, 1.165) is 25.9 Å². The van der Waals surface area contributed by atoms with Gasteiger partial charge >= 0.3 is 5.97 Å². The van der Waals surface area contributed by atoms with E-state index < -0.39 is 35.0 Å². The third kappa shape index (κ3) is 5.49. The molecule has 1 N–H and O–H groups in total. The van der Waals surface area contributed by atoms with E-state index in [0.29, 0.717) is 58.7 Å². The van der Waals surface area contributed by atoms with Crippen molar-refractivity contribution < 1.29 is 33.7 Å². The van der Waals surface area contributed by atoms with Crippen LogP contribution in [0.5, 0.6) is 0 Å². The van der Waals surface area contributed by atoms with Gasteiger partial charge in [0.1, 0.15) is 17.6 Å². The lowest BCUT2D eigenvalue weighted by Gasteiger charge is -2.38. The smallest absolute Gasteiger partial charge is 0.312 e. The normalized spacial score (nSPS) is 33.8. The lowest BCUT2D eigenvalue weighted by molar-refractivity contribution is -0.162. The van der Waals surface area contributed by atoms with Crippen molar-refractivity contribution in [2.75, 3.05) is 65.7 Å². The van der Waals surface area contributed by atoms with Crippen molar-refractivity contribution >= 4 is 17.8 Å². The summed E-state index contributed by atoms with van der Waals surface area (Å²) in [4.78, 5) is 47.6. The number of unbranched alkanes of at least 4 members (excludes halogenated alkanes) is 3. The molecule has 0 aromatic carbocycles. The van der Waals surface area contributed by atoms with Crippen LogP contribution in [0.4, 0.5) is 0 Å². The average Bonchev–Trinajstić information content (AvgIpc) is 3.43. The lowest BCUT2D eigenvalue weighted by atomic mass is 9.62. The fourth-order valence-electron chi connectivity index (χ4n) is 7.30. The van der Waals surface area contributed by atoms with E-state index in [1.807, 2.05) is 13.8 Å². The number of morpholine rings is 1. The van der Waals surface area contributed by atoms with E-state index in [4.69, 9.17) is 19.3 Å². The quantitative estimate of drug-likeness (QED) is 0.197. The summed E-state index contributed by atoms with van der Waals surface area (Å²) in [6.07, 6.45) is 5.38. The summed E-state index contributed by atoms with van der Waals surface area (Å²) in [5.74, 6) is -2.25. The number of carbonyl (C=O) groups excluding carboxylic acids is 3. The number of rotatable bonds is 14. The molecule has 0 aromatic heterocycles. The molecule has 4 fully saturated rings. The third-order valence-electron chi connectivity index (χ3n) is 9.35. The van der Waals surface area contributed by atoms with Crippen molar-refractivity contribution in [3.63, 3.8) is 0 Å². The molecule has 10 heteroatoms. The molecule has 220 valence electrons. The maximum Gasteiger partial charge on any atom is 0.312 e. The minimum atomic E-state index is -1.07. The van der Waals surface area contributed by atoms with Gasteiger partial charge in [-0.25, -0.2) is 0 Å². The largest absolute Gasteiger partial charge is 0.466 e. The Morgan fingerprint density at radius 3 is 2.59 bits per heavy atom. The van der Waals surface area contributed by atoms with Gasteiger partial charge < -0.3 is 29.1 Å². The number of ether oxygens (including phenoxy) is 3. The van der Waals surface area contributed by atoms with Crippen LogP contribution < -0.4 is 0 Å². The number of amides is 2. The molecule has 4 aliphatic heterocycles. The van der Waals surface area contributed by atoms with Gasteiger partial charge in [0.15, 0.2) is 0 Å². The Balaban J connectivity index is 1.64. The molecule has 3 unspecified atom stereocenters. The predicted molar refractivity (Wildman–Crippen MR) is 145 cm³/mol. The van der Waals surface area contributed by atoms with Gasteiger partial charge in [-0.15, -0.1) is 6.58 Å². The third-order valence-corrected chi connectivity index (χ3v) is 9.35. The Bertz CT molecular complexity index is 909. The minimum Gasteiger partial charge on any atom is -0.466 e. The van der Waals surface area contributed by atoms with Crippen molar-refractivity contribution in [1.82, 2.24) is 14.7 Å². The van der Waals surface area contributed by atoms with E-state index in [1.54, 1.807) is 22.8 Å². The molecule has 0 saturated carbocycles. The van der Waals surface area contributed by atoms with Crippen molar-refractivity contribution in [3.8, 4) is 0 Å². The van der Waals surface area contributed by atoms with Gasteiger partial charge in [-0.05, 0) is 39.0 Å². The number of esters is 1. The van der Waals surface area contributed by atoms with Crippen molar-refractivity contribution in [3.05, 3.63) is 12.7 Å². The van der Waals surface area contributed by atoms with Gasteiger partial charge in [0.05, 0.1) is 31.3 Å². The molecule has 4 aliphatic rings. The minimum absolute atomic E-state index is 0.0167. The van der Waals surface area contributed by atoms with E-state index in [2.05, 4.69) is 11.5 Å². The fraction of sp³-hybridized carbons (Fsp3) is 0.828. The van der Waals surface area contributed by atoms with Crippen LogP contribution in [0.25, 0.3) is 0 Å². The van der Waals surface area contributed by atoms with Crippen LogP contribution in [0.1, 0.15) is 52.9 Å². The van der Waals surface area contributed by atoms with Gasteiger partial charge in [0, 0.05) is 45.9 Å². The molecule has 10 nitrogen and oxygen atoms in total. The Morgan fingerprint density at radius 1 is 1.21 bits per heavy atom. The number of hydrogen-bond acceptors (Lipinski definition) is 8. The van der Waals surface area contributed by atoms with Crippen LogP contribution >= 0.6 is 0 Å². The number of hydrogen-bond donors (Lipinski definition) is 1. The first kappa shape index (κ1) is 30.0. The monoisotopic (exact) mass is 549 g/mol. The molecule has 0 aliphatic carbocycles. The summed E-state index contributed by atoms with van der Waals surface area (Å²) in [6.45, 7) is 15.0.